The summed E-state index contributed by atoms with van der Waals surface area (Å²) in [6.45, 7) is 13.0. The number of esters is 2. The normalized spacial score (nSPS) is 13.8. The first kappa shape index (κ1) is 28.3. The zero-order valence-electron chi connectivity index (χ0n) is 22.1. The lowest BCUT2D eigenvalue weighted by Gasteiger charge is -2.32. The third-order valence-corrected chi connectivity index (χ3v) is 6.15. The summed E-state index contributed by atoms with van der Waals surface area (Å²) in [6, 6.07) is 26.1. The van der Waals surface area contributed by atoms with Crippen LogP contribution in [0.4, 0.5) is 0 Å². The summed E-state index contributed by atoms with van der Waals surface area (Å²) in [5, 5.41) is 0. The van der Waals surface area contributed by atoms with Gasteiger partial charge in [-0.1, -0.05) is 67.8 Å². The van der Waals surface area contributed by atoms with Crippen LogP contribution in [0.2, 0.25) is 0 Å². The molecule has 0 spiro atoms. The van der Waals surface area contributed by atoms with Crippen LogP contribution in [0, 0.1) is 0 Å². The summed E-state index contributed by atoms with van der Waals surface area (Å²) in [6.07, 6.45) is 1.48. The van der Waals surface area contributed by atoms with Crippen molar-refractivity contribution in [2.24, 2.45) is 0 Å². The zero-order valence-corrected chi connectivity index (χ0v) is 22.1. The molecule has 0 aliphatic rings. The van der Waals surface area contributed by atoms with Gasteiger partial charge in [0.1, 0.15) is 36.9 Å². The summed E-state index contributed by atoms with van der Waals surface area (Å²) < 4.78 is 22.0. The van der Waals surface area contributed by atoms with Gasteiger partial charge in [-0.2, -0.15) is 0 Å². The highest BCUT2D eigenvalue weighted by molar-refractivity contribution is 5.81. The van der Waals surface area contributed by atoms with E-state index in [0.717, 1.165) is 28.8 Å². The zero-order chi connectivity index (χ0) is 27.5. The molecule has 2 unspecified atom stereocenters. The van der Waals surface area contributed by atoms with E-state index in [1.165, 1.54) is 0 Å². The van der Waals surface area contributed by atoms with Crippen LogP contribution in [0.1, 0.15) is 37.5 Å². The van der Waals surface area contributed by atoms with Crippen molar-refractivity contribution in [2.75, 3.05) is 13.2 Å². The van der Waals surface area contributed by atoms with Crippen molar-refractivity contribution in [3.05, 3.63) is 121 Å². The molecule has 198 valence electrons. The average Bonchev–Trinajstić information content (AvgIpc) is 2.95. The third-order valence-electron chi connectivity index (χ3n) is 6.15. The third kappa shape index (κ3) is 7.35. The van der Waals surface area contributed by atoms with Crippen molar-refractivity contribution in [2.45, 2.75) is 38.4 Å². The Kier molecular flexibility index (Phi) is 9.88. The highest BCUT2D eigenvalue weighted by Crippen LogP contribution is 2.39. The highest BCUT2D eigenvalue weighted by Gasteiger charge is 2.31. The molecule has 0 heterocycles. The fourth-order valence-corrected chi connectivity index (χ4v) is 4.03. The van der Waals surface area contributed by atoms with Crippen LogP contribution in [-0.4, -0.2) is 37.4 Å². The van der Waals surface area contributed by atoms with Gasteiger partial charge >= 0.3 is 11.9 Å². The van der Waals surface area contributed by atoms with Crippen LogP contribution in [0.25, 0.3) is 0 Å². The maximum atomic E-state index is 11.4. The molecule has 6 heteroatoms. The Labute approximate surface area is 224 Å². The predicted molar refractivity (Wildman–Crippen MR) is 147 cm³/mol. The Balaban J connectivity index is 1.78. The summed E-state index contributed by atoms with van der Waals surface area (Å²) in [7, 11) is 0. The summed E-state index contributed by atoms with van der Waals surface area (Å²) >= 11 is 0. The lowest BCUT2D eigenvalue weighted by Crippen LogP contribution is -2.25. The number of benzene rings is 3. The van der Waals surface area contributed by atoms with Crippen LogP contribution in [-0.2, 0) is 24.5 Å². The molecule has 0 bridgehead atoms. The SMILES string of the molecule is C=CC(=O)OC(C)COc1ccc(C(C)(c2ccccc2)c2ccc(OCC(C)OC(=O)C=C)cc2)cc1. The van der Waals surface area contributed by atoms with Gasteiger partial charge in [0, 0.05) is 17.6 Å². The Morgan fingerprint density at radius 3 is 1.42 bits per heavy atom. The van der Waals surface area contributed by atoms with Crippen molar-refractivity contribution in [3.8, 4) is 11.5 Å². The molecule has 0 saturated heterocycles. The van der Waals surface area contributed by atoms with Crippen LogP contribution >= 0.6 is 0 Å². The van der Waals surface area contributed by atoms with Crippen molar-refractivity contribution in [1.29, 1.82) is 0 Å². The minimum Gasteiger partial charge on any atom is -0.490 e. The van der Waals surface area contributed by atoms with Gasteiger partial charge in [0.25, 0.3) is 0 Å². The van der Waals surface area contributed by atoms with Gasteiger partial charge in [-0.3, -0.25) is 0 Å². The molecule has 2 atom stereocenters. The second kappa shape index (κ2) is 13.3. The highest BCUT2D eigenvalue weighted by atomic mass is 16.6. The maximum Gasteiger partial charge on any atom is 0.330 e. The topological polar surface area (TPSA) is 71.1 Å². The van der Waals surface area contributed by atoms with Gasteiger partial charge in [-0.05, 0) is 61.7 Å². The molecule has 3 aromatic carbocycles. The number of hydrogen-bond acceptors (Lipinski definition) is 6. The minimum atomic E-state index is -0.475. The molecule has 0 fully saturated rings. The first-order valence-corrected chi connectivity index (χ1v) is 12.4. The van der Waals surface area contributed by atoms with Gasteiger partial charge < -0.3 is 18.9 Å². The van der Waals surface area contributed by atoms with E-state index < -0.39 is 29.6 Å². The lowest BCUT2D eigenvalue weighted by atomic mass is 9.71. The molecule has 0 N–H and O–H groups in total. The largest absolute Gasteiger partial charge is 0.490 e. The van der Waals surface area contributed by atoms with E-state index in [1.54, 1.807) is 13.8 Å². The number of carbonyl (C=O) groups excluding carboxylic acids is 2. The number of carbonyl (C=O) groups is 2. The fourth-order valence-electron chi connectivity index (χ4n) is 4.03. The van der Waals surface area contributed by atoms with Crippen molar-refractivity contribution >= 4 is 11.9 Å². The van der Waals surface area contributed by atoms with Crippen LogP contribution in [0.15, 0.2) is 104 Å². The molecular weight excluding hydrogens is 480 g/mol. The minimum absolute atomic E-state index is 0.238. The molecule has 0 saturated carbocycles. The first-order valence-electron chi connectivity index (χ1n) is 12.4. The Hall–Kier alpha value is -4.32. The van der Waals surface area contributed by atoms with Crippen molar-refractivity contribution in [1.82, 2.24) is 0 Å². The summed E-state index contributed by atoms with van der Waals surface area (Å²) in [5.74, 6) is 0.413. The molecule has 6 nitrogen and oxygen atoms in total. The Bertz CT molecular complexity index is 1140. The van der Waals surface area contributed by atoms with Gasteiger partial charge in [0.15, 0.2) is 0 Å². The Morgan fingerprint density at radius 2 is 1.05 bits per heavy atom. The maximum absolute atomic E-state index is 11.4. The van der Waals surface area contributed by atoms with E-state index in [4.69, 9.17) is 18.9 Å². The van der Waals surface area contributed by atoms with Gasteiger partial charge in [-0.25, -0.2) is 9.59 Å². The number of ether oxygens (including phenoxy) is 4. The van der Waals surface area contributed by atoms with Crippen LogP contribution < -0.4 is 9.47 Å². The first-order chi connectivity index (χ1) is 18.3. The molecule has 0 radical (unpaired) electrons. The van der Waals surface area contributed by atoms with E-state index >= 15 is 0 Å². The van der Waals surface area contributed by atoms with E-state index in [0.29, 0.717) is 11.5 Å². The number of hydrogen-bond donors (Lipinski definition) is 0. The number of rotatable bonds is 13. The molecule has 3 rings (SSSR count). The van der Waals surface area contributed by atoms with Crippen molar-refractivity contribution in [3.63, 3.8) is 0 Å². The molecular formula is C32H34O6. The van der Waals surface area contributed by atoms with Gasteiger partial charge in [0.05, 0.1) is 0 Å². The molecule has 0 aliphatic carbocycles. The molecule has 38 heavy (non-hydrogen) atoms. The second-order valence-electron chi connectivity index (χ2n) is 9.07. The smallest absolute Gasteiger partial charge is 0.330 e. The average molecular weight is 515 g/mol. The predicted octanol–water partition coefficient (Wildman–Crippen LogP) is 6.03. The fraction of sp³-hybridized carbons (Fsp3) is 0.250. The van der Waals surface area contributed by atoms with Gasteiger partial charge in [0.2, 0.25) is 0 Å². The second-order valence-corrected chi connectivity index (χ2v) is 9.07. The van der Waals surface area contributed by atoms with Crippen molar-refractivity contribution < 1.29 is 28.5 Å². The molecule has 3 aromatic rings. The van der Waals surface area contributed by atoms with Crippen LogP contribution in [0.5, 0.6) is 11.5 Å². The van der Waals surface area contributed by atoms with E-state index in [2.05, 4.69) is 32.2 Å². The van der Waals surface area contributed by atoms with Gasteiger partial charge in [-0.15, -0.1) is 0 Å². The molecule has 0 amide bonds. The van der Waals surface area contributed by atoms with E-state index in [9.17, 15) is 9.59 Å². The molecule has 0 aliphatic heterocycles. The quantitative estimate of drug-likeness (QED) is 0.157. The standard InChI is InChI=1S/C32H34O6/c1-6-30(33)37-23(3)21-35-28-17-13-26(14-18-28)32(5,25-11-9-8-10-12-25)27-15-19-29(20-16-27)36-22-24(4)38-31(34)7-2/h6-20,23-24H,1-2,21-22H2,3-5H3. The lowest BCUT2D eigenvalue weighted by molar-refractivity contribution is -0.144. The van der Waals surface area contributed by atoms with Crippen LogP contribution in [0.3, 0.4) is 0 Å². The van der Waals surface area contributed by atoms with E-state index in [1.807, 2.05) is 66.7 Å². The Morgan fingerprint density at radius 1 is 0.684 bits per heavy atom. The summed E-state index contributed by atoms with van der Waals surface area (Å²) in [4.78, 5) is 22.7. The van der Waals surface area contributed by atoms with E-state index in [-0.39, 0.29) is 13.2 Å². The summed E-state index contributed by atoms with van der Waals surface area (Å²) in [5.41, 5.74) is 2.86. The monoisotopic (exact) mass is 514 g/mol. The molecule has 0 aromatic heterocycles.